The summed E-state index contributed by atoms with van der Waals surface area (Å²) in [6.07, 6.45) is -0.486. The first-order valence-corrected chi connectivity index (χ1v) is 14.0. The maximum Gasteiger partial charge on any atom is 0.326 e. The van der Waals surface area contributed by atoms with Crippen LogP contribution in [-0.4, -0.2) is 69.1 Å². The minimum absolute atomic E-state index is 0.00953. The molecule has 0 bridgehead atoms. The maximum atomic E-state index is 13.6. The van der Waals surface area contributed by atoms with Crippen LogP contribution in [0.2, 0.25) is 0 Å². The minimum atomic E-state index is -1.34. The van der Waals surface area contributed by atoms with Crippen LogP contribution in [0.3, 0.4) is 0 Å². The lowest BCUT2D eigenvalue weighted by atomic mass is 10.0. The van der Waals surface area contributed by atoms with Crippen molar-refractivity contribution in [3.05, 3.63) is 102 Å². The van der Waals surface area contributed by atoms with Crippen molar-refractivity contribution in [3.8, 4) is 5.75 Å². The smallest absolute Gasteiger partial charge is 0.326 e. The van der Waals surface area contributed by atoms with Gasteiger partial charge in [0.15, 0.2) is 0 Å². The van der Waals surface area contributed by atoms with E-state index in [-0.39, 0.29) is 37.9 Å². The van der Waals surface area contributed by atoms with E-state index in [1.807, 2.05) is 0 Å². The van der Waals surface area contributed by atoms with Crippen molar-refractivity contribution in [3.63, 3.8) is 0 Å². The highest BCUT2D eigenvalue weighted by Gasteiger charge is 2.31. The number of amides is 3. The van der Waals surface area contributed by atoms with Crippen LogP contribution < -0.4 is 21.7 Å². The Morgan fingerprint density at radius 2 is 1.00 bits per heavy atom. The van der Waals surface area contributed by atoms with Crippen LogP contribution in [0.4, 0.5) is 0 Å². The molecular formula is C32H36N4O8. The van der Waals surface area contributed by atoms with Crippen LogP contribution in [0.25, 0.3) is 0 Å². The Labute approximate surface area is 254 Å². The van der Waals surface area contributed by atoms with E-state index in [9.17, 15) is 34.2 Å². The Bertz CT molecular complexity index is 1420. The number of hydrogen-bond acceptors (Lipinski definition) is 7. The van der Waals surface area contributed by atoms with Gasteiger partial charge in [0, 0.05) is 25.7 Å². The zero-order chi connectivity index (χ0) is 32.1. The predicted octanol–water partition coefficient (Wildman–Crippen LogP) is 1.15. The molecule has 12 nitrogen and oxygen atoms in total. The Morgan fingerprint density at radius 1 is 0.591 bits per heavy atom. The molecule has 0 aromatic heterocycles. The predicted molar refractivity (Wildman–Crippen MR) is 160 cm³/mol. The second-order valence-corrected chi connectivity index (χ2v) is 10.3. The molecule has 232 valence electrons. The van der Waals surface area contributed by atoms with E-state index >= 15 is 0 Å². The van der Waals surface area contributed by atoms with Gasteiger partial charge in [0.25, 0.3) is 0 Å². The van der Waals surface area contributed by atoms with Gasteiger partial charge in [-0.3, -0.25) is 19.2 Å². The fourth-order valence-corrected chi connectivity index (χ4v) is 4.42. The molecule has 0 aliphatic carbocycles. The summed E-state index contributed by atoms with van der Waals surface area (Å²) >= 11 is 0. The number of aliphatic carboxylic acids is 2. The van der Waals surface area contributed by atoms with Crippen LogP contribution >= 0.6 is 0 Å². The van der Waals surface area contributed by atoms with Gasteiger partial charge >= 0.3 is 11.9 Å². The minimum Gasteiger partial charge on any atom is -0.508 e. The van der Waals surface area contributed by atoms with E-state index in [0.717, 1.165) is 0 Å². The first-order valence-electron chi connectivity index (χ1n) is 14.0. The van der Waals surface area contributed by atoms with Gasteiger partial charge in [-0.2, -0.15) is 0 Å². The summed E-state index contributed by atoms with van der Waals surface area (Å²) in [6, 6.07) is 18.6. The Hall–Kier alpha value is -5.23. The first kappa shape index (κ1) is 33.3. The molecule has 3 aromatic carbocycles. The van der Waals surface area contributed by atoms with Crippen LogP contribution in [0.15, 0.2) is 84.9 Å². The van der Waals surface area contributed by atoms with Crippen molar-refractivity contribution in [2.24, 2.45) is 5.73 Å². The molecule has 0 radical (unpaired) electrons. The summed E-state index contributed by atoms with van der Waals surface area (Å²) in [4.78, 5) is 63.0. The molecule has 3 amide bonds. The average molecular weight is 605 g/mol. The first-order chi connectivity index (χ1) is 21.0. The maximum absolute atomic E-state index is 13.6. The number of carboxylic acid groups (broad SMARTS) is 2. The normalized spacial score (nSPS) is 13.5. The van der Waals surface area contributed by atoms with Gasteiger partial charge in [0.2, 0.25) is 17.7 Å². The van der Waals surface area contributed by atoms with E-state index in [0.29, 0.717) is 16.7 Å². The van der Waals surface area contributed by atoms with Gasteiger partial charge in [0.05, 0.1) is 6.04 Å². The number of benzene rings is 3. The van der Waals surface area contributed by atoms with E-state index in [4.69, 9.17) is 10.8 Å². The summed E-state index contributed by atoms with van der Waals surface area (Å²) in [6.45, 7) is 0. The third-order valence-corrected chi connectivity index (χ3v) is 6.83. The van der Waals surface area contributed by atoms with E-state index < -0.39 is 53.8 Å². The Balaban J connectivity index is 1.83. The standard InChI is InChI=1S/C32H36N4O8/c33-24(15-16-28(38)39)29(40)34-25(17-20-7-3-1-4-8-20)30(41)35-26(18-21-9-5-2-6-10-21)31(42)36-27(32(43)44)19-22-11-13-23(37)14-12-22/h1-14,24-27,37H,15-19,33H2,(H,34,40)(H,35,41)(H,36,42)(H,38,39)(H,43,44). The van der Waals surface area contributed by atoms with Crippen molar-refractivity contribution < 1.29 is 39.3 Å². The molecule has 0 heterocycles. The van der Waals surface area contributed by atoms with Crippen molar-refractivity contribution in [1.82, 2.24) is 16.0 Å². The van der Waals surface area contributed by atoms with Crippen LogP contribution in [0.5, 0.6) is 5.75 Å². The molecule has 0 fully saturated rings. The lowest BCUT2D eigenvalue weighted by Gasteiger charge is -2.25. The summed E-state index contributed by atoms with van der Waals surface area (Å²) in [5.74, 6) is -4.60. The zero-order valence-corrected chi connectivity index (χ0v) is 23.9. The Morgan fingerprint density at radius 3 is 1.45 bits per heavy atom. The van der Waals surface area contributed by atoms with E-state index in [1.165, 1.54) is 12.1 Å². The molecule has 4 unspecified atom stereocenters. The van der Waals surface area contributed by atoms with Crippen molar-refractivity contribution >= 4 is 29.7 Å². The highest BCUT2D eigenvalue weighted by atomic mass is 16.4. The molecule has 4 atom stereocenters. The number of hydrogen-bond donors (Lipinski definition) is 7. The number of carboxylic acids is 2. The molecule has 3 aromatic rings. The van der Waals surface area contributed by atoms with Crippen molar-refractivity contribution in [1.29, 1.82) is 0 Å². The third-order valence-electron chi connectivity index (χ3n) is 6.83. The van der Waals surface area contributed by atoms with Gasteiger partial charge < -0.3 is 37.0 Å². The molecule has 0 aliphatic rings. The molecule has 0 saturated heterocycles. The number of carbonyl (C=O) groups excluding carboxylic acids is 3. The number of aromatic hydroxyl groups is 1. The summed E-state index contributed by atoms with van der Waals surface area (Å²) < 4.78 is 0. The lowest BCUT2D eigenvalue weighted by molar-refractivity contribution is -0.142. The van der Waals surface area contributed by atoms with Gasteiger partial charge in [-0.05, 0) is 35.2 Å². The van der Waals surface area contributed by atoms with E-state index in [2.05, 4.69) is 16.0 Å². The summed E-state index contributed by atoms with van der Waals surface area (Å²) in [5.41, 5.74) is 7.83. The second-order valence-electron chi connectivity index (χ2n) is 10.3. The SMILES string of the molecule is NC(CCC(=O)O)C(=O)NC(Cc1ccccc1)C(=O)NC(Cc1ccccc1)C(=O)NC(Cc1ccc(O)cc1)C(=O)O. The Kier molecular flexibility index (Phi) is 12.4. The van der Waals surface area contributed by atoms with Crippen LogP contribution in [0.1, 0.15) is 29.5 Å². The van der Waals surface area contributed by atoms with Crippen LogP contribution in [0, 0.1) is 0 Å². The van der Waals surface area contributed by atoms with Gasteiger partial charge in [-0.15, -0.1) is 0 Å². The monoisotopic (exact) mass is 604 g/mol. The number of nitrogens with two attached hydrogens (primary N) is 1. The highest BCUT2D eigenvalue weighted by Crippen LogP contribution is 2.13. The molecule has 0 spiro atoms. The molecule has 44 heavy (non-hydrogen) atoms. The number of phenolic OH excluding ortho intramolecular Hbond substituents is 1. The highest BCUT2D eigenvalue weighted by molar-refractivity contribution is 5.94. The topological polar surface area (TPSA) is 208 Å². The molecule has 0 aliphatic heterocycles. The van der Waals surface area contributed by atoms with Gasteiger partial charge in [0.1, 0.15) is 23.9 Å². The second kappa shape index (κ2) is 16.4. The fraction of sp³-hybridized carbons (Fsp3) is 0.281. The molecule has 0 saturated carbocycles. The number of nitrogens with one attached hydrogen (secondary N) is 3. The van der Waals surface area contributed by atoms with Gasteiger partial charge in [-0.1, -0.05) is 72.8 Å². The van der Waals surface area contributed by atoms with Crippen molar-refractivity contribution in [2.45, 2.75) is 56.3 Å². The molecule has 3 rings (SSSR count). The fourth-order valence-electron chi connectivity index (χ4n) is 4.42. The quantitative estimate of drug-likeness (QED) is 0.125. The summed E-state index contributed by atoms with van der Waals surface area (Å²) in [5, 5.41) is 36.0. The lowest BCUT2D eigenvalue weighted by Crippen LogP contribution is -2.58. The molecule has 12 heteroatoms. The number of rotatable bonds is 16. The summed E-state index contributed by atoms with van der Waals surface area (Å²) in [7, 11) is 0. The molecule has 8 N–H and O–H groups in total. The van der Waals surface area contributed by atoms with E-state index in [1.54, 1.807) is 72.8 Å². The zero-order valence-electron chi connectivity index (χ0n) is 23.9. The van der Waals surface area contributed by atoms with Crippen LogP contribution in [-0.2, 0) is 43.2 Å². The average Bonchev–Trinajstić information content (AvgIpc) is 3.00. The number of phenols is 1. The largest absolute Gasteiger partial charge is 0.508 e. The number of carbonyl (C=O) groups is 5. The van der Waals surface area contributed by atoms with Crippen molar-refractivity contribution in [2.75, 3.05) is 0 Å². The van der Waals surface area contributed by atoms with Gasteiger partial charge in [-0.25, -0.2) is 4.79 Å². The molecular weight excluding hydrogens is 568 g/mol. The third kappa shape index (κ3) is 10.9.